The van der Waals surface area contributed by atoms with Crippen LogP contribution in [0, 0.1) is 12.8 Å². The maximum atomic E-state index is 12.9. The van der Waals surface area contributed by atoms with E-state index in [-0.39, 0.29) is 18.3 Å². The topological polar surface area (TPSA) is 45.5 Å². The number of hydrogen-bond acceptors (Lipinski definition) is 3. The summed E-state index contributed by atoms with van der Waals surface area (Å²) in [5, 5.41) is 6.43. The number of hydrogen-bond donors (Lipinski definition) is 1. The van der Waals surface area contributed by atoms with Gasteiger partial charge in [-0.15, -0.1) is 12.4 Å². The fraction of sp³-hybridized carbons (Fsp3) is 0.350. The molecule has 0 spiro atoms. The van der Waals surface area contributed by atoms with Crippen molar-refractivity contribution in [2.24, 2.45) is 5.92 Å². The molecule has 0 radical (unpaired) electrons. The van der Waals surface area contributed by atoms with Crippen LogP contribution in [0.4, 0.5) is 0 Å². The summed E-state index contributed by atoms with van der Waals surface area (Å²) >= 11 is 0. The van der Waals surface area contributed by atoms with E-state index in [1.165, 1.54) is 0 Å². The SMILES string of the molecule is CNCC1CCN(C(=O)c2oc3c(ccc4ccccc43)c2C)C1.Cl. The summed E-state index contributed by atoms with van der Waals surface area (Å²) in [5.41, 5.74) is 1.76. The van der Waals surface area contributed by atoms with Gasteiger partial charge in [0.1, 0.15) is 5.58 Å². The normalized spacial score (nSPS) is 17.2. The van der Waals surface area contributed by atoms with Crippen LogP contribution in [-0.4, -0.2) is 37.5 Å². The van der Waals surface area contributed by atoms with Gasteiger partial charge in [0.25, 0.3) is 5.91 Å². The summed E-state index contributed by atoms with van der Waals surface area (Å²) in [6.45, 7) is 4.54. The first-order chi connectivity index (χ1) is 11.7. The van der Waals surface area contributed by atoms with Gasteiger partial charge in [0.2, 0.25) is 0 Å². The fourth-order valence-corrected chi connectivity index (χ4v) is 3.77. The number of aryl methyl sites for hydroxylation is 1. The highest BCUT2D eigenvalue weighted by Gasteiger charge is 2.30. The molecule has 1 aliphatic rings. The molecule has 4 rings (SSSR count). The Labute approximate surface area is 153 Å². The van der Waals surface area contributed by atoms with Gasteiger partial charge in [-0.3, -0.25) is 4.79 Å². The molecule has 132 valence electrons. The van der Waals surface area contributed by atoms with Crippen molar-refractivity contribution in [2.45, 2.75) is 13.3 Å². The van der Waals surface area contributed by atoms with Crippen molar-refractivity contribution < 1.29 is 9.21 Å². The van der Waals surface area contributed by atoms with E-state index >= 15 is 0 Å². The van der Waals surface area contributed by atoms with Crippen LogP contribution in [0.5, 0.6) is 0 Å². The molecule has 0 bridgehead atoms. The lowest BCUT2D eigenvalue weighted by molar-refractivity contribution is 0.0757. The number of carbonyl (C=O) groups excluding carboxylic acids is 1. The van der Waals surface area contributed by atoms with Crippen molar-refractivity contribution >= 4 is 40.1 Å². The van der Waals surface area contributed by atoms with Crippen LogP contribution in [0.2, 0.25) is 0 Å². The first-order valence-electron chi connectivity index (χ1n) is 8.53. The highest BCUT2D eigenvalue weighted by atomic mass is 35.5. The molecule has 1 atom stereocenters. The number of benzene rings is 2. The van der Waals surface area contributed by atoms with Crippen molar-refractivity contribution in [3.8, 4) is 0 Å². The second-order valence-corrected chi connectivity index (χ2v) is 6.68. The van der Waals surface area contributed by atoms with Crippen molar-refractivity contribution in [3.63, 3.8) is 0 Å². The minimum Gasteiger partial charge on any atom is -0.450 e. The third-order valence-electron chi connectivity index (χ3n) is 5.09. The Morgan fingerprint density at radius 3 is 2.84 bits per heavy atom. The molecule has 1 fully saturated rings. The molecule has 3 aromatic rings. The molecule has 1 aromatic heterocycles. The molecule has 1 aliphatic heterocycles. The molecule has 1 unspecified atom stereocenters. The molecule has 0 saturated carbocycles. The second kappa shape index (κ2) is 7.06. The molecule has 0 aliphatic carbocycles. The summed E-state index contributed by atoms with van der Waals surface area (Å²) in [6.07, 6.45) is 1.05. The van der Waals surface area contributed by atoms with Crippen LogP contribution < -0.4 is 5.32 Å². The van der Waals surface area contributed by atoms with E-state index in [2.05, 4.69) is 23.5 Å². The molecular formula is C20H23ClN2O2. The Hall–Kier alpha value is -2.04. The Balaban J connectivity index is 0.00000182. The van der Waals surface area contributed by atoms with Gasteiger partial charge in [-0.25, -0.2) is 0 Å². The maximum absolute atomic E-state index is 12.9. The Morgan fingerprint density at radius 1 is 1.24 bits per heavy atom. The van der Waals surface area contributed by atoms with Crippen LogP contribution in [0.3, 0.4) is 0 Å². The minimum atomic E-state index is 0. The molecule has 4 nitrogen and oxygen atoms in total. The van der Waals surface area contributed by atoms with Crippen molar-refractivity contribution in [2.75, 3.05) is 26.7 Å². The van der Waals surface area contributed by atoms with Gasteiger partial charge in [0, 0.05) is 29.4 Å². The largest absolute Gasteiger partial charge is 0.450 e. The van der Waals surface area contributed by atoms with E-state index in [0.29, 0.717) is 11.7 Å². The molecule has 1 amide bonds. The van der Waals surface area contributed by atoms with Crippen LogP contribution in [0.25, 0.3) is 21.7 Å². The highest BCUT2D eigenvalue weighted by Crippen LogP contribution is 2.33. The average molecular weight is 359 g/mol. The zero-order valence-electron chi connectivity index (χ0n) is 14.5. The van der Waals surface area contributed by atoms with Crippen LogP contribution >= 0.6 is 12.4 Å². The number of fused-ring (bicyclic) bond motifs is 3. The zero-order valence-corrected chi connectivity index (χ0v) is 15.4. The molecule has 1 saturated heterocycles. The number of carbonyl (C=O) groups is 1. The molecule has 5 heteroatoms. The van der Waals surface area contributed by atoms with E-state index in [1.54, 1.807) is 0 Å². The van der Waals surface area contributed by atoms with Gasteiger partial charge in [-0.05, 0) is 38.2 Å². The number of likely N-dealkylation sites (tertiary alicyclic amines) is 1. The third-order valence-corrected chi connectivity index (χ3v) is 5.09. The van der Waals surface area contributed by atoms with Gasteiger partial charge in [0.15, 0.2) is 5.76 Å². The molecule has 1 N–H and O–H groups in total. The quantitative estimate of drug-likeness (QED) is 0.769. The lowest BCUT2D eigenvalue weighted by atomic mass is 10.1. The second-order valence-electron chi connectivity index (χ2n) is 6.68. The number of halogens is 1. The lowest BCUT2D eigenvalue weighted by Gasteiger charge is -2.15. The van der Waals surface area contributed by atoms with Crippen molar-refractivity contribution in [3.05, 3.63) is 47.7 Å². The predicted octanol–water partition coefficient (Wildman–Crippen LogP) is 4.00. The number of nitrogens with one attached hydrogen (secondary N) is 1. The molecule has 2 aromatic carbocycles. The summed E-state index contributed by atoms with van der Waals surface area (Å²) in [6, 6.07) is 12.3. The molecule has 25 heavy (non-hydrogen) atoms. The van der Waals surface area contributed by atoms with Gasteiger partial charge in [0.05, 0.1) is 0 Å². The maximum Gasteiger partial charge on any atom is 0.289 e. The average Bonchev–Trinajstić information content (AvgIpc) is 3.20. The molecule has 2 heterocycles. The number of rotatable bonds is 3. The van der Waals surface area contributed by atoms with E-state index in [4.69, 9.17) is 4.42 Å². The van der Waals surface area contributed by atoms with E-state index in [9.17, 15) is 4.79 Å². The third kappa shape index (κ3) is 3.00. The van der Waals surface area contributed by atoms with Crippen molar-refractivity contribution in [1.29, 1.82) is 0 Å². The van der Waals surface area contributed by atoms with Gasteiger partial charge in [-0.1, -0.05) is 36.4 Å². The summed E-state index contributed by atoms with van der Waals surface area (Å²) in [7, 11) is 1.96. The lowest BCUT2D eigenvalue weighted by Crippen LogP contribution is -2.30. The summed E-state index contributed by atoms with van der Waals surface area (Å²) in [5.74, 6) is 1.04. The van der Waals surface area contributed by atoms with E-state index in [1.807, 2.05) is 37.1 Å². The Bertz CT molecular complexity index is 919. The highest BCUT2D eigenvalue weighted by molar-refractivity contribution is 6.08. The van der Waals surface area contributed by atoms with Crippen molar-refractivity contribution in [1.82, 2.24) is 10.2 Å². The smallest absolute Gasteiger partial charge is 0.289 e. The minimum absolute atomic E-state index is 0. The van der Waals surface area contributed by atoms with Crippen LogP contribution in [0.1, 0.15) is 22.5 Å². The summed E-state index contributed by atoms with van der Waals surface area (Å²) in [4.78, 5) is 14.9. The van der Waals surface area contributed by atoms with Crippen LogP contribution in [-0.2, 0) is 0 Å². The number of amides is 1. The van der Waals surface area contributed by atoms with Gasteiger partial charge >= 0.3 is 0 Å². The fourth-order valence-electron chi connectivity index (χ4n) is 3.77. The van der Waals surface area contributed by atoms with Gasteiger partial charge < -0.3 is 14.6 Å². The predicted molar refractivity (Wildman–Crippen MR) is 104 cm³/mol. The Morgan fingerprint density at radius 2 is 2.04 bits per heavy atom. The standard InChI is InChI=1S/C20H22N2O2.ClH/c1-13-16-8-7-15-5-3-4-6-17(15)19(16)24-18(13)20(23)22-10-9-14(12-22)11-21-2;/h3-8,14,21H,9-12H2,1-2H3;1H. The monoisotopic (exact) mass is 358 g/mol. The first kappa shape index (κ1) is 17.8. The first-order valence-corrected chi connectivity index (χ1v) is 8.53. The number of nitrogens with zero attached hydrogens (tertiary/aromatic N) is 1. The van der Waals surface area contributed by atoms with Gasteiger partial charge in [-0.2, -0.15) is 0 Å². The Kier molecular flexibility index (Phi) is 5.02. The summed E-state index contributed by atoms with van der Waals surface area (Å²) < 4.78 is 6.07. The van der Waals surface area contributed by atoms with E-state index < -0.39 is 0 Å². The zero-order chi connectivity index (χ0) is 16.7. The van der Waals surface area contributed by atoms with Crippen LogP contribution in [0.15, 0.2) is 40.8 Å². The number of furan rings is 1. The van der Waals surface area contributed by atoms with E-state index in [0.717, 1.165) is 53.4 Å². The molecular weight excluding hydrogens is 336 g/mol.